The molecule has 0 bridgehead atoms. The van der Waals surface area contributed by atoms with Crippen molar-refractivity contribution in [3.8, 4) is 0 Å². The first-order valence-corrected chi connectivity index (χ1v) is 14.7. The van der Waals surface area contributed by atoms with Crippen LogP contribution < -0.4 is 9.62 Å². The van der Waals surface area contributed by atoms with Crippen LogP contribution in [-0.4, -0.2) is 50.5 Å². The second-order valence-corrected chi connectivity index (χ2v) is 11.3. The van der Waals surface area contributed by atoms with Gasteiger partial charge in [0.05, 0.1) is 11.9 Å². The highest BCUT2D eigenvalue weighted by Gasteiger charge is 2.30. The van der Waals surface area contributed by atoms with Gasteiger partial charge in [-0.15, -0.1) is 0 Å². The van der Waals surface area contributed by atoms with Gasteiger partial charge in [-0.25, -0.2) is 8.42 Å². The zero-order valence-electron chi connectivity index (χ0n) is 22.3. The van der Waals surface area contributed by atoms with E-state index in [-0.39, 0.29) is 31.3 Å². The molecule has 0 aliphatic carbocycles. The number of nitrogens with zero attached hydrogens (tertiary/aromatic N) is 2. The number of hydrogen-bond donors (Lipinski definition) is 1. The zero-order valence-corrected chi connectivity index (χ0v) is 23.2. The number of nitrogens with one attached hydrogen (secondary N) is 1. The van der Waals surface area contributed by atoms with E-state index in [0.717, 1.165) is 16.7 Å². The van der Waals surface area contributed by atoms with E-state index in [1.54, 1.807) is 17.0 Å². The molecule has 3 rings (SSSR count). The first-order chi connectivity index (χ1) is 18.2. The van der Waals surface area contributed by atoms with Gasteiger partial charge in [0.1, 0.15) is 6.04 Å². The third kappa shape index (κ3) is 8.45. The van der Waals surface area contributed by atoms with Crippen LogP contribution in [0, 0.1) is 6.92 Å². The highest BCUT2D eigenvalue weighted by molar-refractivity contribution is 7.92. The number of carbonyl (C=O) groups is 2. The Morgan fingerprint density at radius 2 is 1.45 bits per heavy atom. The highest BCUT2D eigenvalue weighted by Crippen LogP contribution is 2.20. The lowest BCUT2D eigenvalue weighted by Gasteiger charge is -2.32. The maximum absolute atomic E-state index is 13.7. The molecule has 0 aliphatic heterocycles. The lowest BCUT2D eigenvalue weighted by Crippen LogP contribution is -2.50. The SMILES string of the molecule is CCNC(=O)[C@H](Cc1ccccc1)N(Cc1ccccc1)C(=O)CCCN(c1ccc(C)cc1)S(C)(=O)=O. The molecule has 2 amide bonds. The van der Waals surface area contributed by atoms with Gasteiger partial charge in [-0.2, -0.15) is 0 Å². The first-order valence-electron chi connectivity index (χ1n) is 12.9. The Bertz CT molecular complexity index is 1280. The van der Waals surface area contributed by atoms with Crippen molar-refractivity contribution in [1.82, 2.24) is 10.2 Å². The number of aryl methyl sites for hydroxylation is 1. The zero-order chi connectivity index (χ0) is 27.5. The number of amides is 2. The van der Waals surface area contributed by atoms with Crippen molar-refractivity contribution >= 4 is 27.5 Å². The highest BCUT2D eigenvalue weighted by atomic mass is 32.2. The van der Waals surface area contributed by atoms with E-state index < -0.39 is 16.1 Å². The third-order valence-corrected chi connectivity index (χ3v) is 7.49. The van der Waals surface area contributed by atoms with Gasteiger partial charge in [0.15, 0.2) is 0 Å². The molecular weight excluding hydrogens is 498 g/mol. The van der Waals surface area contributed by atoms with Crippen molar-refractivity contribution < 1.29 is 18.0 Å². The van der Waals surface area contributed by atoms with Crippen LogP contribution in [0.15, 0.2) is 84.9 Å². The summed E-state index contributed by atoms with van der Waals surface area (Å²) in [5.41, 5.74) is 3.47. The van der Waals surface area contributed by atoms with E-state index in [9.17, 15) is 18.0 Å². The molecule has 0 unspecified atom stereocenters. The molecule has 38 heavy (non-hydrogen) atoms. The van der Waals surface area contributed by atoms with E-state index in [2.05, 4.69) is 5.32 Å². The van der Waals surface area contributed by atoms with Crippen LogP contribution in [0.5, 0.6) is 0 Å². The fourth-order valence-electron chi connectivity index (χ4n) is 4.34. The lowest BCUT2D eigenvalue weighted by molar-refractivity contribution is -0.141. The Balaban J connectivity index is 1.83. The van der Waals surface area contributed by atoms with Crippen molar-refractivity contribution in [3.63, 3.8) is 0 Å². The Kier molecular flexibility index (Phi) is 10.5. The van der Waals surface area contributed by atoms with Crippen LogP contribution in [0.25, 0.3) is 0 Å². The minimum atomic E-state index is -3.53. The van der Waals surface area contributed by atoms with Gasteiger partial charge in [0.2, 0.25) is 21.8 Å². The van der Waals surface area contributed by atoms with Crippen LogP contribution in [0.1, 0.15) is 36.5 Å². The number of anilines is 1. The Morgan fingerprint density at radius 3 is 2.00 bits per heavy atom. The maximum Gasteiger partial charge on any atom is 0.243 e. The molecule has 0 fully saturated rings. The summed E-state index contributed by atoms with van der Waals surface area (Å²) in [6.07, 6.45) is 1.97. The van der Waals surface area contributed by atoms with Gasteiger partial charge < -0.3 is 10.2 Å². The Hall–Kier alpha value is -3.65. The van der Waals surface area contributed by atoms with Crippen LogP contribution in [0.4, 0.5) is 5.69 Å². The summed E-state index contributed by atoms with van der Waals surface area (Å²) < 4.78 is 26.4. The summed E-state index contributed by atoms with van der Waals surface area (Å²) in [6.45, 7) is 4.69. The summed E-state index contributed by atoms with van der Waals surface area (Å²) in [7, 11) is -3.53. The summed E-state index contributed by atoms with van der Waals surface area (Å²) in [4.78, 5) is 28.5. The largest absolute Gasteiger partial charge is 0.355 e. The van der Waals surface area contributed by atoms with Crippen molar-refractivity contribution in [2.75, 3.05) is 23.7 Å². The third-order valence-electron chi connectivity index (χ3n) is 6.29. The first kappa shape index (κ1) is 28.9. The number of likely N-dealkylation sites (N-methyl/N-ethyl adjacent to an activating group) is 1. The van der Waals surface area contributed by atoms with Crippen LogP contribution in [0.2, 0.25) is 0 Å². The normalized spacial score (nSPS) is 12.0. The van der Waals surface area contributed by atoms with Gasteiger partial charge in [-0.3, -0.25) is 13.9 Å². The fraction of sp³-hybridized carbons (Fsp3) is 0.333. The van der Waals surface area contributed by atoms with Crippen molar-refractivity contribution in [3.05, 3.63) is 102 Å². The predicted molar refractivity (Wildman–Crippen MR) is 152 cm³/mol. The van der Waals surface area contributed by atoms with Gasteiger partial charge in [0, 0.05) is 32.5 Å². The molecule has 3 aromatic carbocycles. The van der Waals surface area contributed by atoms with Gasteiger partial charge >= 0.3 is 0 Å². The van der Waals surface area contributed by atoms with E-state index in [0.29, 0.717) is 25.1 Å². The monoisotopic (exact) mass is 535 g/mol. The molecule has 0 radical (unpaired) electrons. The molecular formula is C30H37N3O4S. The average Bonchev–Trinajstić information content (AvgIpc) is 2.90. The molecule has 0 aliphatic rings. The summed E-state index contributed by atoms with van der Waals surface area (Å²) in [5.74, 6) is -0.406. The standard InChI is InChI=1S/C30H37N3O4S/c1-4-31-30(35)28(22-25-12-7-5-8-13-25)32(23-26-14-9-6-10-15-26)29(34)16-11-21-33(38(3,36)37)27-19-17-24(2)18-20-27/h5-10,12-15,17-20,28H,4,11,16,21-23H2,1-3H3,(H,31,35)/t28-/m0/s1. The Morgan fingerprint density at radius 1 is 0.868 bits per heavy atom. The predicted octanol–water partition coefficient (Wildman–Crippen LogP) is 4.32. The number of benzene rings is 3. The van der Waals surface area contributed by atoms with Crippen LogP contribution >= 0.6 is 0 Å². The molecule has 1 atom stereocenters. The number of carbonyl (C=O) groups excluding carboxylic acids is 2. The van der Waals surface area contributed by atoms with E-state index >= 15 is 0 Å². The summed E-state index contributed by atoms with van der Waals surface area (Å²) >= 11 is 0. The van der Waals surface area contributed by atoms with Gasteiger partial charge in [-0.1, -0.05) is 78.4 Å². The van der Waals surface area contributed by atoms with Crippen molar-refractivity contribution in [1.29, 1.82) is 0 Å². The summed E-state index contributed by atoms with van der Waals surface area (Å²) in [5, 5.41) is 2.89. The average molecular weight is 536 g/mol. The number of rotatable bonds is 13. The molecule has 0 heterocycles. The van der Waals surface area contributed by atoms with Gasteiger partial charge in [-0.05, 0) is 43.5 Å². The number of hydrogen-bond acceptors (Lipinski definition) is 4. The second-order valence-electron chi connectivity index (χ2n) is 9.38. The molecule has 0 saturated carbocycles. The molecule has 3 aromatic rings. The molecule has 0 spiro atoms. The van der Waals surface area contributed by atoms with Crippen molar-refractivity contribution in [2.45, 2.75) is 45.7 Å². The smallest absolute Gasteiger partial charge is 0.243 e. The van der Waals surface area contributed by atoms with E-state index in [1.807, 2.05) is 86.6 Å². The Labute approximate surface area is 226 Å². The van der Waals surface area contributed by atoms with Crippen LogP contribution in [-0.2, 0) is 32.6 Å². The molecule has 7 nitrogen and oxygen atoms in total. The van der Waals surface area contributed by atoms with E-state index in [1.165, 1.54) is 10.6 Å². The number of sulfonamides is 1. The molecule has 1 N–H and O–H groups in total. The topological polar surface area (TPSA) is 86.8 Å². The molecule has 0 aromatic heterocycles. The molecule has 0 saturated heterocycles. The fourth-order valence-corrected chi connectivity index (χ4v) is 5.31. The minimum absolute atomic E-state index is 0.107. The minimum Gasteiger partial charge on any atom is -0.355 e. The lowest BCUT2D eigenvalue weighted by atomic mass is 10.0. The maximum atomic E-state index is 13.7. The quantitative estimate of drug-likeness (QED) is 0.353. The van der Waals surface area contributed by atoms with Crippen molar-refractivity contribution in [2.24, 2.45) is 0 Å². The van der Waals surface area contributed by atoms with Gasteiger partial charge in [0.25, 0.3) is 0 Å². The van der Waals surface area contributed by atoms with Crippen LogP contribution in [0.3, 0.4) is 0 Å². The summed E-state index contributed by atoms with van der Waals surface area (Å²) in [6, 6.07) is 25.8. The molecule has 8 heteroatoms. The second kappa shape index (κ2) is 13.8. The molecule has 202 valence electrons. The van der Waals surface area contributed by atoms with E-state index in [4.69, 9.17) is 0 Å².